The highest BCUT2D eigenvalue weighted by molar-refractivity contribution is 7.48. The third-order valence-electron chi connectivity index (χ3n) is 5.96. The monoisotopic (exact) mass is 542 g/mol. The van der Waals surface area contributed by atoms with Crippen LogP contribution < -0.4 is 4.74 Å². The molecule has 0 unspecified atom stereocenters. The Morgan fingerprint density at radius 1 is 0.838 bits per heavy atom. The summed E-state index contributed by atoms with van der Waals surface area (Å²) in [6, 6.07) is 6.05. The van der Waals surface area contributed by atoms with Crippen molar-refractivity contribution in [3.8, 4) is 5.75 Å². The van der Waals surface area contributed by atoms with Crippen LogP contribution in [0.5, 0.6) is 5.75 Å². The first-order chi connectivity index (χ1) is 17.0. The first-order valence-corrected chi connectivity index (χ1v) is 14.1. The van der Waals surface area contributed by atoms with E-state index in [9.17, 15) is 14.2 Å². The molecule has 1 aliphatic carbocycles. The molecule has 9 nitrogen and oxygen atoms in total. The first-order valence-electron chi connectivity index (χ1n) is 12.7. The molecule has 1 atom stereocenters. The fourth-order valence-corrected chi connectivity index (χ4v) is 4.16. The lowest BCUT2D eigenvalue weighted by Crippen LogP contribution is -2.25. The minimum Gasteiger partial charge on any atom is -0.466 e. The Bertz CT molecular complexity index is 935. The van der Waals surface area contributed by atoms with Gasteiger partial charge in [0.25, 0.3) is 0 Å². The molecule has 0 bridgehead atoms. The van der Waals surface area contributed by atoms with Gasteiger partial charge in [0, 0.05) is 0 Å². The van der Waals surface area contributed by atoms with Crippen LogP contribution in [0.4, 0.5) is 0 Å². The predicted octanol–water partition coefficient (Wildman–Crippen LogP) is 6.91. The average Bonchev–Trinajstić information content (AvgIpc) is 3.62. The molecule has 0 aromatic heterocycles. The molecule has 1 saturated carbocycles. The summed E-state index contributed by atoms with van der Waals surface area (Å²) in [7, 11) is -4.34. The van der Waals surface area contributed by atoms with Crippen LogP contribution in [-0.4, -0.2) is 32.3 Å². The van der Waals surface area contributed by atoms with Gasteiger partial charge in [-0.05, 0) is 83.3 Å². The molecular weight excluding hydrogens is 499 g/mol. The molecule has 10 heteroatoms. The molecule has 1 aliphatic rings. The third kappa shape index (κ3) is 9.71. The van der Waals surface area contributed by atoms with Crippen molar-refractivity contribution in [2.45, 2.75) is 87.0 Å². The average molecular weight is 543 g/mol. The van der Waals surface area contributed by atoms with Crippen molar-refractivity contribution in [1.82, 2.24) is 0 Å². The van der Waals surface area contributed by atoms with Crippen molar-refractivity contribution in [2.24, 2.45) is 16.7 Å². The summed E-state index contributed by atoms with van der Waals surface area (Å²) in [6.07, 6.45) is 2.36. The molecule has 0 spiro atoms. The molecule has 0 amide bonds. The summed E-state index contributed by atoms with van der Waals surface area (Å²) in [5.41, 5.74) is 0.501. The SMILES string of the molecule is CC(C)c1cccc([C@H](C)C2CC2)c1OCOP(=O)(OCOC(=O)C(C)(C)C)OCOC(=O)C(C)(C)C. The van der Waals surface area contributed by atoms with Crippen LogP contribution in [0.2, 0.25) is 0 Å². The first kappa shape index (κ1) is 31.3. The number of phosphoric ester groups is 1. The van der Waals surface area contributed by atoms with Gasteiger partial charge >= 0.3 is 19.8 Å². The van der Waals surface area contributed by atoms with Gasteiger partial charge < -0.3 is 14.2 Å². The number of rotatable bonds is 13. The zero-order valence-corrected chi connectivity index (χ0v) is 24.5. The van der Waals surface area contributed by atoms with Crippen molar-refractivity contribution >= 4 is 19.8 Å². The molecule has 37 heavy (non-hydrogen) atoms. The molecule has 0 heterocycles. The van der Waals surface area contributed by atoms with Crippen molar-refractivity contribution in [2.75, 3.05) is 20.4 Å². The smallest absolute Gasteiger partial charge is 0.466 e. The van der Waals surface area contributed by atoms with Crippen LogP contribution in [0, 0.1) is 16.7 Å². The lowest BCUT2D eigenvalue weighted by Gasteiger charge is -2.23. The van der Waals surface area contributed by atoms with E-state index in [-0.39, 0.29) is 5.92 Å². The Morgan fingerprint density at radius 2 is 1.30 bits per heavy atom. The summed E-state index contributed by atoms with van der Waals surface area (Å²) >= 11 is 0. The Balaban J connectivity index is 2.12. The minimum absolute atomic E-state index is 0.189. The van der Waals surface area contributed by atoms with Gasteiger partial charge in [0.05, 0.1) is 10.8 Å². The highest BCUT2D eigenvalue weighted by atomic mass is 31.2. The van der Waals surface area contributed by atoms with E-state index in [1.165, 1.54) is 12.8 Å². The maximum atomic E-state index is 13.3. The van der Waals surface area contributed by atoms with E-state index in [0.717, 1.165) is 11.1 Å². The topological polar surface area (TPSA) is 107 Å². The molecule has 1 aromatic rings. The van der Waals surface area contributed by atoms with Gasteiger partial charge in [-0.1, -0.05) is 39.0 Å². The number of hydrogen-bond acceptors (Lipinski definition) is 9. The van der Waals surface area contributed by atoms with Crippen molar-refractivity contribution < 1.29 is 41.9 Å². The summed E-state index contributed by atoms with van der Waals surface area (Å²) in [5.74, 6) is 0.675. The van der Waals surface area contributed by atoms with Crippen LogP contribution >= 0.6 is 7.82 Å². The predicted molar refractivity (Wildman–Crippen MR) is 139 cm³/mol. The molecule has 1 aromatic carbocycles. The molecule has 1 fully saturated rings. The van der Waals surface area contributed by atoms with Gasteiger partial charge in [-0.3, -0.25) is 9.59 Å². The van der Waals surface area contributed by atoms with Crippen LogP contribution in [0.3, 0.4) is 0 Å². The second-order valence-electron chi connectivity index (χ2n) is 11.7. The maximum Gasteiger partial charge on any atom is 0.483 e. The van der Waals surface area contributed by atoms with Gasteiger partial charge in [-0.25, -0.2) is 18.1 Å². The van der Waals surface area contributed by atoms with Crippen molar-refractivity contribution in [1.29, 1.82) is 0 Å². The Morgan fingerprint density at radius 3 is 1.73 bits per heavy atom. The van der Waals surface area contributed by atoms with Crippen LogP contribution in [0.25, 0.3) is 0 Å². The number of phosphoric acid groups is 1. The third-order valence-corrected chi connectivity index (χ3v) is 7.22. The highest BCUT2D eigenvalue weighted by Crippen LogP contribution is 2.50. The Kier molecular flexibility index (Phi) is 10.8. The van der Waals surface area contributed by atoms with Crippen molar-refractivity contribution in [3.05, 3.63) is 29.3 Å². The molecule has 210 valence electrons. The summed E-state index contributed by atoms with van der Waals surface area (Å²) in [4.78, 5) is 24.1. The van der Waals surface area contributed by atoms with E-state index in [0.29, 0.717) is 17.6 Å². The maximum absolute atomic E-state index is 13.3. The number of benzene rings is 1. The second-order valence-corrected chi connectivity index (χ2v) is 13.4. The largest absolute Gasteiger partial charge is 0.483 e. The van der Waals surface area contributed by atoms with Crippen LogP contribution in [-0.2, 0) is 37.2 Å². The number of carbonyl (C=O) groups is 2. The van der Waals surface area contributed by atoms with E-state index in [4.69, 9.17) is 27.8 Å². The lowest BCUT2D eigenvalue weighted by atomic mass is 9.90. The van der Waals surface area contributed by atoms with E-state index in [2.05, 4.69) is 20.8 Å². The van der Waals surface area contributed by atoms with E-state index >= 15 is 0 Å². The second kappa shape index (κ2) is 12.7. The molecule has 0 aliphatic heterocycles. The Labute approximate surface area is 221 Å². The zero-order chi connectivity index (χ0) is 28.0. The van der Waals surface area contributed by atoms with E-state index in [1.807, 2.05) is 18.2 Å². The van der Waals surface area contributed by atoms with Gasteiger partial charge in [-0.2, -0.15) is 0 Å². The quantitative estimate of drug-likeness (QED) is 0.149. The number of para-hydroxylation sites is 1. The van der Waals surface area contributed by atoms with Gasteiger partial charge in [0.1, 0.15) is 5.75 Å². The van der Waals surface area contributed by atoms with Gasteiger partial charge in [0.15, 0.2) is 6.79 Å². The van der Waals surface area contributed by atoms with Gasteiger partial charge in [-0.15, -0.1) is 0 Å². The standard InChI is InChI=1S/C27H43O9P/c1-18(2)21-11-10-12-22(19(3)20-13-14-20)23(21)31-15-34-37(30,35-16-32-24(28)26(4,5)6)36-17-33-25(29)27(7,8)9/h10-12,18-20H,13-17H2,1-9H3/t19-/m1/s1. The fourth-order valence-electron chi connectivity index (χ4n) is 3.39. The minimum atomic E-state index is -4.34. The fraction of sp³-hybridized carbons (Fsp3) is 0.704. The normalized spacial score (nSPS) is 15.4. The van der Waals surface area contributed by atoms with E-state index < -0.39 is 51.0 Å². The number of esters is 2. The zero-order valence-electron chi connectivity index (χ0n) is 23.6. The summed E-state index contributed by atoms with van der Waals surface area (Å²) < 4.78 is 45.2. The molecule has 0 radical (unpaired) electrons. The molecule has 2 rings (SSSR count). The lowest BCUT2D eigenvalue weighted by molar-refractivity contribution is -0.163. The van der Waals surface area contributed by atoms with Crippen LogP contribution in [0.1, 0.15) is 98.1 Å². The summed E-state index contributed by atoms with van der Waals surface area (Å²) in [6.45, 7) is 14.6. The van der Waals surface area contributed by atoms with Crippen molar-refractivity contribution in [3.63, 3.8) is 0 Å². The number of ether oxygens (including phenoxy) is 3. The number of carbonyl (C=O) groups excluding carboxylic acids is 2. The van der Waals surface area contributed by atoms with Crippen LogP contribution in [0.15, 0.2) is 18.2 Å². The Hall–Kier alpha value is -1.93. The number of hydrogen-bond donors (Lipinski definition) is 0. The van der Waals surface area contributed by atoms with Gasteiger partial charge in [0.2, 0.25) is 13.6 Å². The molecule has 0 saturated heterocycles. The molecular formula is C27H43O9P. The highest BCUT2D eigenvalue weighted by Gasteiger charge is 2.34. The van der Waals surface area contributed by atoms with E-state index in [1.54, 1.807) is 41.5 Å². The summed E-state index contributed by atoms with van der Waals surface area (Å²) in [5, 5.41) is 0. The molecule has 0 N–H and O–H groups in total.